The van der Waals surface area contributed by atoms with Gasteiger partial charge < -0.3 is 5.21 Å². The molecule has 0 bridgehead atoms. The fraction of sp³-hybridized carbons (Fsp3) is 0.312. The Balaban J connectivity index is 2.02. The van der Waals surface area contributed by atoms with Gasteiger partial charge in [-0.25, -0.2) is 14.2 Å². The maximum absolute atomic E-state index is 12.3. The van der Waals surface area contributed by atoms with Crippen LogP contribution < -0.4 is 0 Å². The van der Waals surface area contributed by atoms with E-state index in [0.29, 0.717) is 23.4 Å². The summed E-state index contributed by atoms with van der Waals surface area (Å²) < 4.78 is 2.97. The summed E-state index contributed by atoms with van der Waals surface area (Å²) in [6.45, 7) is 6.01. The van der Waals surface area contributed by atoms with E-state index in [9.17, 15) is 4.79 Å². The van der Waals surface area contributed by atoms with Crippen LogP contribution in [0.5, 0.6) is 0 Å². The molecule has 24 heavy (non-hydrogen) atoms. The largest absolute Gasteiger partial charge is 0.411 e. The number of carbonyl (C=O) groups is 1. The molecule has 0 atom stereocenters. The van der Waals surface area contributed by atoms with Crippen molar-refractivity contribution >= 4 is 17.6 Å². The number of aromatic nitrogens is 5. The fourth-order valence-corrected chi connectivity index (χ4v) is 2.40. The minimum Gasteiger partial charge on any atom is -0.411 e. The van der Waals surface area contributed by atoms with Gasteiger partial charge in [-0.15, -0.1) is 0 Å². The second-order valence-corrected chi connectivity index (χ2v) is 6.72. The molecule has 1 N–H and O–H groups in total. The van der Waals surface area contributed by atoms with E-state index in [1.165, 1.54) is 10.9 Å². The Hall–Kier alpha value is -3.03. The van der Waals surface area contributed by atoms with E-state index in [1.807, 2.05) is 26.8 Å². The van der Waals surface area contributed by atoms with Gasteiger partial charge in [0.25, 0.3) is 0 Å². The van der Waals surface area contributed by atoms with Crippen LogP contribution >= 0.6 is 0 Å². The highest BCUT2D eigenvalue weighted by Gasteiger charge is 2.19. The summed E-state index contributed by atoms with van der Waals surface area (Å²) in [6.07, 6.45) is 8.16. The summed E-state index contributed by atoms with van der Waals surface area (Å²) in [5.74, 6) is -0.0775. The molecule has 0 aromatic carbocycles. The molecular weight excluding hydrogens is 308 g/mol. The zero-order valence-electron chi connectivity index (χ0n) is 13.7. The highest BCUT2D eigenvalue weighted by Crippen LogP contribution is 2.24. The number of fused-ring (bicyclic) bond motifs is 1. The van der Waals surface area contributed by atoms with Gasteiger partial charge in [-0.05, 0) is 11.5 Å². The van der Waals surface area contributed by atoms with Crippen molar-refractivity contribution in [1.29, 1.82) is 0 Å². The number of hydrogen-bond donors (Lipinski definition) is 1. The van der Waals surface area contributed by atoms with Crippen molar-refractivity contribution in [3.8, 4) is 11.3 Å². The molecule has 3 aromatic rings. The number of hydrogen-bond acceptors (Lipinski definition) is 6. The minimum absolute atomic E-state index is 0.0775. The SMILES string of the molecule is CC(C)(C)CC(=O)n1cc(-c2nc(/C=N/O)cn3nccc23)cn1. The Labute approximate surface area is 138 Å². The van der Waals surface area contributed by atoms with Crippen LogP contribution in [0.3, 0.4) is 0 Å². The molecule has 8 heteroatoms. The second kappa shape index (κ2) is 5.88. The van der Waals surface area contributed by atoms with Gasteiger partial charge in [-0.1, -0.05) is 25.9 Å². The highest BCUT2D eigenvalue weighted by atomic mass is 16.4. The van der Waals surface area contributed by atoms with Crippen molar-refractivity contribution < 1.29 is 10.0 Å². The van der Waals surface area contributed by atoms with E-state index in [2.05, 4.69) is 20.3 Å². The quantitative estimate of drug-likeness (QED) is 0.453. The third-order valence-electron chi connectivity index (χ3n) is 3.39. The molecule has 3 heterocycles. The monoisotopic (exact) mass is 326 g/mol. The molecule has 0 aliphatic rings. The van der Waals surface area contributed by atoms with Crippen LogP contribution in [0.15, 0.2) is 36.0 Å². The first kappa shape index (κ1) is 15.9. The molecular formula is C16H18N6O2. The Morgan fingerprint density at radius 1 is 1.33 bits per heavy atom. The smallest absolute Gasteiger partial charge is 0.247 e. The van der Waals surface area contributed by atoms with Crippen molar-refractivity contribution in [2.24, 2.45) is 10.6 Å². The summed E-state index contributed by atoms with van der Waals surface area (Å²) in [7, 11) is 0. The van der Waals surface area contributed by atoms with Crippen molar-refractivity contribution in [3.05, 3.63) is 36.5 Å². The molecule has 0 saturated carbocycles. The lowest BCUT2D eigenvalue weighted by atomic mass is 9.92. The molecule has 0 spiro atoms. The lowest BCUT2D eigenvalue weighted by Gasteiger charge is -2.16. The predicted molar refractivity (Wildman–Crippen MR) is 88.3 cm³/mol. The minimum atomic E-state index is -0.113. The molecule has 3 aromatic heterocycles. The van der Waals surface area contributed by atoms with E-state index < -0.39 is 0 Å². The van der Waals surface area contributed by atoms with E-state index >= 15 is 0 Å². The first-order valence-electron chi connectivity index (χ1n) is 7.47. The lowest BCUT2D eigenvalue weighted by molar-refractivity contribution is 0.0840. The summed E-state index contributed by atoms with van der Waals surface area (Å²) in [5.41, 5.74) is 2.40. The zero-order valence-corrected chi connectivity index (χ0v) is 13.7. The molecule has 8 nitrogen and oxygen atoms in total. The standard InChI is InChI=1S/C16H18N6O2/c1-16(2,3)6-14(23)22-9-11(7-18-22)15-13-4-5-17-21(13)10-12(20-15)8-19-24/h4-5,7-10,24H,6H2,1-3H3/b19-8+. The topological polar surface area (TPSA) is 97.7 Å². The van der Waals surface area contributed by atoms with Gasteiger partial charge in [0.2, 0.25) is 5.91 Å². The third kappa shape index (κ3) is 3.17. The van der Waals surface area contributed by atoms with Crippen LogP contribution in [0, 0.1) is 5.41 Å². The number of rotatable bonds is 3. The molecule has 0 radical (unpaired) electrons. The van der Waals surface area contributed by atoms with Gasteiger partial charge >= 0.3 is 0 Å². The van der Waals surface area contributed by atoms with Gasteiger partial charge in [0.1, 0.15) is 5.69 Å². The third-order valence-corrected chi connectivity index (χ3v) is 3.39. The molecule has 0 unspecified atom stereocenters. The van der Waals surface area contributed by atoms with E-state index in [1.54, 1.807) is 29.3 Å². The van der Waals surface area contributed by atoms with Crippen molar-refractivity contribution in [2.45, 2.75) is 27.2 Å². The van der Waals surface area contributed by atoms with E-state index in [4.69, 9.17) is 5.21 Å². The van der Waals surface area contributed by atoms with Crippen LogP contribution in [0.25, 0.3) is 16.8 Å². The Morgan fingerprint density at radius 2 is 2.12 bits per heavy atom. The van der Waals surface area contributed by atoms with Crippen molar-refractivity contribution in [3.63, 3.8) is 0 Å². The number of nitrogens with zero attached hydrogens (tertiary/aromatic N) is 6. The van der Waals surface area contributed by atoms with Crippen LogP contribution in [0.1, 0.15) is 37.7 Å². The summed E-state index contributed by atoms with van der Waals surface area (Å²) >= 11 is 0. The predicted octanol–water partition coefficient (Wildman–Crippen LogP) is 2.48. The molecule has 0 aliphatic heterocycles. The molecule has 0 amide bonds. The Bertz CT molecular complexity index is 916. The van der Waals surface area contributed by atoms with Crippen LogP contribution in [0.2, 0.25) is 0 Å². The zero-order chi connectivity index (χ0) is 17.3. The van der Waals surface area contributed by atoms with Gasteiger partial charge in [-0.3, -0.25) is 4.79 Å². The highest BCUT2D eigenvalue weighted by molar-refractivity contribution is 5.84. The molecule has 0 fully saturated rings. The van der Waals surface area contributed by atoms with Gasteiger partial charge in [-0.2, -0.15) is 10.2 Å². The van der Waals surface area contributed by atoms with E-state index in [-0.39, 0.29) is 11.3 Å². The summed E-state index contributed by atoms with van der Waals surface area (Å²) in [6, 6.07) is 1.82. The van der Waals surface area contributed by atoms with Crippen LogP contribution in [-0.2, 0) is 0 Å². The first-order valence-corrected chi connectivity index (χ1v) is 7.47. The average Bonchev–Trinajstić information content (AvgIpc) is 3.14. The lowest BCUT2D eigenvalue weighted by Crippen LogP contribution is -2.19. The maximum Gasteiger partial charge on any atom is 0.247 e. The van der Waals surface area contributed by atoms with Crippen molar-refractivity contribution in [1.82, 2.24) is 24.4 Å². The first-order chi connectivity index (χ1) is 11.4. The van der Waals surface area contributed by atoms with E-state index in [0.717, 1.165) is 5.52 Å². The Kier molecular flexibility index (Phi) is 3.88. The number of carbonyl (C=O) groups excluding carboxylic acids is 1. The summed E-state index contributed by atoms with van der Waals surface area (Å²) in [5, 5.41) is 20.1. The second-order valence-electron chi connectivity index (χ2n) is 6.72. The molecule has 3 rings (SSSR count). The molecule has 0 aliphatic carbocycles. The van der Waals surface area contributed by atoms with Gasteiger partial charge in [0.05, 0.1) is 36.0 Å². The number of oxime groups is 1. The van der Waals surface area contributed by atoms with Crippen molar-refractivity contribution in [2.75, 3.05) is 0 Å². The molecule has 124 valence electrons. The van der Waals surface area contributed by atoms with Crippen LogP contribution in [0.4, 0.5) is 0 Å². The van der Waals surface area contributed by atoms with Gasteiger partial charge in [0.15, 0.2) is 0 Å². The fourth-order valence-electron chi connectivity index (χ4n) is 2.40. The maximum atomic E-state index is 12.3. The molecule has 0 saturated heterocycles. The summed E-state index contributed by atoms with van der Waals surface area (Å²) in [4.78, 5) is 16.7. The Morgan fingerprint density at radius 3 is 2.83 bits per heavy atom. The van der Waals surface area contributed by atoms with Crippen LogP contribution in [-0.4, -0.2) is 41.7 Å². The normalized spacial score (nSPS) is 12.3. The van der Waals surface area contributed by atoms with Gasteiger partial charge in [0, 0.05) is 18.2 Å². The average molecular weight is 326 g/mol.